The van der Waals surface area contributed by atoms with Gasteiger partial charge >= 0.3 is 0 Å². The minimum Gasteiger partial charge on any atom is -0.387 e. The minimum absolute atomic E-state index is 0.586. The molecule has 0 saturated heterocycles. The van der Waals surface area contributed by atoms with Crippen LogP contribution >= 0.6 is 0 Å². The summed E-state index contributed by atoms with van der Waals surface area (Å²) in [6.45, 7) is 1.63. The lowest BCUT2D eigenvalue weighted by Crippen LogP contribution is -2.15. The molecule has 0 aliphatic heterocycles. The normalized spacial score (nSPS) is 17.7. The smallest absolute Gasteiger partial charge is 0.0969 e. The van der Waals surface area contributed by atoms with Gasteiger partial charge in [0.05, 0.1) is 18.7 Å². The SMILES string of the molecule is NC(=NCCn1ccnc1)C1CC1. The van der Waals surface area contributed by atoms with Crippen molar-refractivity contribution in [3.05, 3.63) is 18.7 Å². The minimum atomic E-state index is 0.586. The molecule has 0 bridgehead atoms. The second-order valence-corrected chi connectivity index (χ2v) is 3.38. The van der Waals surface area contributed by atoms with Gasteiger partial charge in [-0.3, -0.25) is 4.99 Å². The zero-order valence-corrected chi connectivity index (χ0v) is 7.56. The van der Waals surface area contributed by atoms with Crippen LogP contribution in [0.15, 0.2) is 23.7 Å². The maximum absolute atomic E-state index is 5.74. The molecular weight excluding hydrogens is 164 g/mol. The molecule has 0 aromatic carbocycles. The summed E-state index contributed by atoms with van der Waals surface area (Å²) in [6, 6.07) is 0. The van der Waals surface area contributed by atoms with Crippen LogP contribution in [0.3, 0.4) is 0 Å². The lowest BCUT2D eigenvalue weighted by Gasteiger charge is -1.99. The Morgan fingerprint density at radius 2 is 2.46 bits per heavy atom. The van der Waals surface area contributed by atoms with Gasteiger partial charge in [-0.1, -0.05) is 0 Å². The van der Waals surface area contributed by atoms with E-state index in [2.05, 4.69) is 9.98 Å². The molecule has 4 heteroatoms. The Labute approximate surface area is 77.5 Å². The Hall–Kier alpha value is -1.32. The molecule has 70 valence electrons. The van der Waals surface area contributed by atoms with E-state index in [-0.39, 0.29) is 0 Å². The summed E-state index contributed by atoms with van der Waals surface area (Å²) < 4.78 is 2.00. The lowest BCUT2D eigenvalue weighted by atomic mass is 10.4. The van der Waals surface area contributed by atoms with Gasteiger partial charge in [-0.2, -0.15) is 0 Å². The van der Waals surface area contributed by atoms with Gasteiger partial charge in [0.25, 0.3) is 0 Å². The molecule has 1 heterocycles. The van der Waals surface area contributed by atoms with Crippen molar-refractivity contribution in [2.75, 3.05) is 6.54 Å². The van der Waals surface area contributed by atoms with Crippen molar-refractivity contribution in [3.63, 3.8) is 0 Å². The second-order valence-electron chi connectivity index (χ2n) is 3.38. The van der Waals surface area contributed by atoms with Crippen LogP contribution in [0.2, 0.25) is 0 Å². The van der Waals surface area contributed by atoms with E-state index in [1.807, 2.05) is 10.8 Å². The van der Waals surface area contributed by atoms with Crippen molar-refractivity contribution in [2.24, 2.45) is 16.6 Å². The number of hydrogen-bond donors (Lipinski definition) is 1. The number of aliphatic imine (C=N–C) groups is 1. The highest BCUT2D eigenvalue weighted by atomic mass is 15.0. The molecule has 0 radical (unpaired) electrons. The van der Waals surface area contributed by atoms with Crippen LogP contribution in [0.4, 0.5) is 0 Å². The molecule has 1 fully saturated rings. The molecule has 1 saturated carbocycles. The lowest BCUT2D eigenvalue weighted by molar-refractivity contribution is 0.706. The van der Waals surface area contributed by atoms with Crippen LogP contribution < -0.4 is 5.73 Å². The Kier molecular flexibility index (Phi) is 2.29. The first-order chi connectivity index (χ1) is 6.36. The summed E-state index contributed by atoms with van der Waals surface area (Å²) in [5.41, 5.74) is 5.74. The summed E-state index contributed by atoms with van der Waals surface area (Å²) in [7, 11) is 0. The molecule has 0 unspecified atom stereocenters. The zero-order chi connectivity index (χ0) is 9.10. The molecule has 0 spiro atoms. The van der Waals surface area contributed by atoms with Crippen LogP contribution in [0, 0.1) is 5.92 Å². The molecule has 1 aromatic heterocycles. The molecule has 0 amide bonds. The molecule has 1 aliphatic rings. The zero-order valence-electron chi connectivity index (χ0n) is 7.56. The predicted octanol–water partition coefficient (Wildman–Crippen LogP) is 0.650. The Morgan fingerprint density at radius 3 is 3.08 bits per heavy atom. The van der Waals surface area contributed by atoms with Crippen molar-refractivity contribution in [2.45, 2.75) is 19.4 Å². The molecule has 2 N–H and O–H groups in total. The average Bonchev–Trinajstić information content (AvgIpc) is 2.86. The topological polar surface area (TPSA) is 56.2 Å². The third-order valence-corrected chi connectivity index (χ3v) is 2.21. The number of aromatic nitrogens is 2. The van der Waals surface area contributed by atoms with Crippen LogP contribution in [-0.2, 0) is 6.54 Å². The Morgan fingerprint density at radius 1 is 1.62 bits per heavy atom. The summed E-state index contributed by atoms with van der Waals surface area (Å²) in [6.07, 6.45) is 7.94. The van der Waals surface area contributed by atoms with E-state index >= 15 is 0 Å². The van der Waals surface area contributed by atoms with E-state index in [9.17, 15) is 0 Å². The summed E-state index contributed by atoms with van der Waals surface area (Å²) in [5, 5.41) is 0. The third kappa shape index (κ3) is 2.31. The first-order valence-electron chi connectivity index (χ1n) is 4.62. The van der Waals surface area contributed by atoms with E-state index < -0.39 is 0 Å². The first-order valence-corrected chi connectivity index (χ1v) is 4.62. The summed E-state index contributed by atoms with van der Waals surface area (Å²) in [5.74, 6) is 1.42. The van der Waals surface area contributed by atoms with Gasteiger partial charge in [0.15, 0.2) is 0 Å². The average molecular weight is 178 g/mol. The summed E-state index contributed by atoms with van der Waals surface area (Å²) >= 11 is 0. The van der Waals surface area contributed by atoms with E-state index in [0.29, 0.717) is 5.92 Å². The largest absolute Gasteiger partial charge is 0.387 e. The molecular formula is C9H14N4. The first kappa shape index (κ1) is 8.29. The van der Waals surface area contributed by atoms with E-state index in [0.717, 1.165) is 18.9 Å². The van der Waals surface area contributed by atoms with E-state index in [1.54, 1.807) is 12.5 Å². The highest BCUT2D eigenvalue weighted by molar-refractivity contribution is 5.84. The standard InChI is InChI=1S/C9H14N4/c10-9(8-1-2-8)12-4-6-13-5-3-11-7-13/h3,5,7-8H,1-2,4,6H2,(H2,10,12). The Balaban J connectivity index is 1.76. The number of hydrogen-bond acceptors (Lipinski definition) is 2. The second kappa shape index (κ2) is 3.60. The number of amidine groups is 1. The van der Waals surface area contributed by atoms with Crippen LogP contribution in [0.5, 0.6) is 0 Å². The van der Waals surface area contributed by atoms with Crippen molar-refractivity contribution in [1.82, 2.24) is 9.55 Å². The van der Waals surface area contributed by atoms with Crippen molar-refractivity contribution < 1.29 is 0 Å². The van der Waals surface area contributed by atoms with Gasteiger partial charge in [-0.25, -0.2) is 4.98 Å². The summed E-state index contributed by atoms with van der Waals surface area (Å²) in [4.78, 5) is 8.26. The Bertz CT molecular complexity index is 285. The number of rotatable bonds is 4. The fourth-order valence-electron chi connectivity index (χ4n) is 1.22. The quantitative estimate of drug-likeness (QED) is 0.543. The molecule has 4 nitrogen and oxygen atoms in total. The van der Waals surface area contributed by atoms with Gasteiger partial charge in [0.1, 0.15) is 0 Å². The number of nitrogens with two attached hydrogens (primary N) is 1. The highest BCUT2D eigenvalue weighted by Gasteiger charge is 2.24. The van der Waals surface area contributed by atoms with E-state index in [1.165, 1.54) is 12.8 Å². The molecule has 2 rings (SSSR count). The molecule has 1 aromatic rings. The monoisotopic (exact) mass is 178 g/mol. The van der Waals surface area contributed by atoms with E-state index in [4.69, 9.17) is 5.73 Å². The van der Waals surface area contributed by atoms with Crippen molar-refractivity contribution >= 4 is 5.84 Å². The van der Waals surface area contributed by atoms with Gasteiger partial charge < -0.3 is 10.3 Å². The van der Waals surface area contributed by atoms with Gasteiger partial charge in [-0.05, 0) is 12.8 Å². The number of imidazole rings is 1. The van der Waals surface area contributed by atoms with Gasteiger partial charge in [0, 0.05) is 24.9 Å². The molecule has 13 heavy (non-hydrogen) atoms. The number of nitrogens with zero attached hydrogens (tertiary/aromatic N) is 3. The molecule has 0 atom stereocenters. The fraction of sp³-hybridized carbons (Fsp3) is 0.556. The van der Waals surface area contributed by atoms with Crippen molar-refractivity contribution in [1.29, 1.82) is 0 Å². The highest BCUT2D eigenvalue weighted by Crippen LogP contribution is 2.28. The van der Waals surface area contributed by atoms with Crippen LogP contribution in [0.25, 0.3) is 0 Å². The maximum atomic E-state index is 5.74. The van der Waals surface area contributed by atoms with Crippen LogP contribution in [-0.4, -0.2) is 21.9 Å². The molecule has 1 aliphatic carbocycles. The third-order valence-electron chi connectivity index (χ3n) is 2.21. The van der Waals surface area contributed by atoms with Gasteiger partial charge in [-0.15, -0.1) is 0 Å². The fourth-order valence-corrected chi connectivity index (χ4v) is 1.22. The maximum Gasteiger partial charge on any atom is 0.0969 e. The van der Waals surface area contributed by atoms with Crippen LogP contribution in [0.1, 0.15) is 12.8 Å². The van der Waals surface area contributed by atoms with Gasteiger partial charge in [0.2, 0.25) is 0 Å². The van der Waals surface area contributed by atoms with Crippen molar-refractivity contribution in [3.8, 4) is 0 Å². The predicted molar refractivity (Wildman–Crippen MR) is 51.4 cm³/mol.